The highest BCUT2D eigenvalue weighted by Crippen LogP contribution is 2.47. The van der Waals surface area contributed by atoms with Crippen LogP contribution in [-0.2, 0) is 0 Å². The highest BCUT2D eigenvalue weighted by atomic mass is 15.0. The molecule has 2 unspecified atom stereocenters. The molecule has 9 aromatic rings. The van der Waals surface area contributed by atoms with Gasteiger partial charge in [0.2, 0.25) is 0 Å². The summed E-state index contributed by atoms with van der Waals surface area (Å²) in [6.07, 6.45) is 13.1. The Kier molecular flexibility index (Phi) is 9.44. The lowest BCUT2D eigenvalue weighted by atomic mass is 9.76. The standard InChI is InChI=1S/C58H40N4/c1-2-49(52-22-13-23-53-50-20-11-10-19-45(50)37-54(52)53)41-28-24-38(25-29-41)46-34-47(39-26-30-42(31-27-39)55-51-21-12-9-14-40(51)32-33-59-55)36-48(35-46)58-61-56(43-15-5-3-6-16-43)60-57(62-58)44-17-7-4-8-18-44/h2-37,49,52H,1H2. The van der Waals surface area contributed by atoms with Crippen LogP contribution in [0.1, 0.15) is 22.6 Å². The van der Waals surface area contributed by atoms with Crippen LogP contribution < -0.4 is 0 Å². The van der Waals surface area contributed by atoms with Gasteiger partial charge in [0.1, 0.15) is 0 Å². The van der Waals surface area contributed by atoms with Gasteiger partial charge >= 0.3 is 0 Å². The van der Waals surface area contributed by atoms with Crippen molar-refractivity contribution in [3.05, 3.63) is 241 Å². The van der Waals surface area contributed by atoms with Gasteiger partial charge in [-0.3, -0.25) is 4.98 Å². The van der Waals surface area contributed by atoms with Crippen molar-refractivity contribution in [3.63, 3.8) is 0 Å². The number of hydrogen-bond acceptors (Lipinski definition) is 4. The van der Waals surface area contributed by atoms with Gasteiger partial charge in [0.05, 0.1) is 5.69 Å². The third-order valence-corrected chi connectivity index (χ3v) is 12.1. The lowest BCUT2D eigenvalue weighted by molar-refractivity contribution is 0.689. The molecule has 0 spiro atoms. The van der Waals surface area contributed by atoms with Crippen LogP contribution in [0.2, 0.25) is 0 Å². The van der Waals surface area contributed by atoms with E-state index >= 15 is 0 Å². The summed E-state index contributed by atoms with van der Waals surface area (Å²) in [7, 11) is 0. The van der Waals surface area contributed by atoms with Crippen molar-refractivity contribution in [3.8, 4) is 67.7 Å². The SMILES string of the molecule is C=CC(c1ccc(-c2cc(-c3ccc(-c4nccc5ccccc45)cc3)cc(-c3nc(-c4ccccc4)nc(-c4ccccc4)n3)c2)cc1)C1C=CC=C2C1=Cc1ccccc12. The Hall–Kier alpha value is -8.08. The van der Waals surface area contributed by atoms with Gasteiger partial charge in [-0.25, -0.2) is 15.0 Å². The average Bonchev–Trinajstić information content (AvgIpc) is 3.74. The lowest BCUT2D eigenvalue weighted by Crippen LogP contribution is -2.13. The highest BCUT2D eigenvalue weighted by molar-refractivity contribution is 5.97. The van der Waals surface area contributed by atoms with Crippen LogP contribution in [0.4, 0.5) is 0 Å². The van der Waals surface area contributed by atoms with E-state index in [0.29, 0.717) is 17.5 Å². The molecule has 4 nitrogen and oxygen atoms in total. The fourth-order valence-electron chi connectivity index (χ4n) is 9.00. The maximum atomic E-state index is 5.14. The number of nitrogens with zero attached hydrogens (tertiary/aromatic N) is 4. The van der Waals surface area contributed by atoms with Crippen molar-refractivity contribution in [2.45, 2.75) is 5.92 Å². The molecule has 7 aromatic carbocycles. The van der Waals surface area contributed by atoms with Gasteiger partial charge in [0.25, 0.3) is 0 Å². The van der Waals surface area contributed by atoms with Crippen LogP contribution in [0.25, 0.3) is 90.1 Å². The Bertz CT molecular complexity index is 3170. The maximum Gasteiger partial charge on any atom is 0.164 e. The predicted molar refractivity (Wildman–Crippen MR) is 256 cm³/mol. The fourth-order valence-corrected chi connectivity index (χ4v) is 9.00. The molecule has 0 amide bonds. The summed E-state index contributed by atoms with van der Waals surface area (Å²) in [5, 5.41) is 2.30. The third-order valence-electron chi connectivity index (χ3n) is 12.1. The second-order valence-corrected chi connectivity index (χ2v) is 15.9. The molecule has 11 rings (SSSR count). The van der Waals surface area contributed by atoms with Gasteiger partial charge in [0, 0.05) is 45.7 Å². The quantitative estimate of drug-likeness (QED) is 0.137. The fraction of sp³-hybridized carbons (Fsp3) is 0.0345. The number of benzene rings is 7. The Balaban J connectivity index is 1.01. The van der Waals surface area contributed by atoms with Crippen LogP contribution in [-0.4, -0.2) is 19.9 Å². The molecule has 0 N–H and O–H groups in total. The number of pyridine rings is 1. The average molecular weight is 793 g/mol. The molecule has 2 aliphatic carbocycles. The molecule has 4 heteroatoms. The molecular weight excluding hydrogens is 753 g/mol. The van der Waals surface area contributed by atoms with E-state index in [1.165, 1.54) is 33.2 Å². The van der Waals surface area contributed by atoms with Crippen molar-refractivity contribution < 1.29 is 0 Å². The van der Waals surface area contributed by atoms with Crippen molar-refractivity contribution in [2.75, 3.05) is 0 Å². The molecule has 62 heavy (non-hydrogen) atoms. The van der Waals surface area contributed by atoms with E-state index in [1.807, 2.05) is 66.9 Å². The summed E-state index contributed by atoms with van der Waals surface area (Å²) in [5.74, 6) is 2.17. The van der Waals surface area contributed by atoms with Gasteiger partial charge in [-0.2, -0.15) is 0 Å². The van der Waals surface area contributed by atoms with Gasteiger partial charge in [-0.15, -0.1) is 6.58 Å². The van der Waals surface area contributed by atoms with Crippen molar-refractivity contribution >= 4 is 22.4 Å². The van der Waals surface area contributed by atoms with E-state index in [-0.39, 0.29) is 11.8 Å². The highest BCUT2D eigenvalue weighted by Gasteiger charge is 2.30. The number of allylic oxidation sites excluding steroid dienone is 6. The van der Waals surface area contributed by atoms with Crippen molar-refractivity contribution in [1.29, 1.82) is 0 Å². The minimum Gasteiger partial charge on any atom is -0.256 e. The molecule has 292 valence electrons. The number of hydrogen-bond donors (Lipinski definition) is 0. The van der Waals surface area contributed by atoms with E-state index < -0.39 is 0 Å². The van der Waals surface area contributed by atoms with Crippen LogP contribution >= 0.6 is 0 Å². The molecule has 2 aliphatic rings. The first-order valence-corrected chi connectivity index (χ1v) is 21.1. The monoisotopic (exact) mass is 792 g/mol. The summed E-state index contributed by atoms with van der Waals surface area (Å²) in [6, 6.07) is 63.8. The minimum absolute atomic E-state index is 0.110. The first kappa shape index (κ1) is 37.0. The topological polar surface area (TPSA) is 51.6 Å². The zero-order chi connectivity index (χ0) is 41.4. The van der Waals surface area contributed by atoms with E-state index in [0.717, 1.165) is 55.6 Å². The largest absolute Gasteiger partial charge is 0.256 e. The second-order valence-electron chi connectivity index (χ2n) is 15.9. The Labute approximate surface area is 361 Å². The van der Waals surface area contributed by atoms with E-state index in [2.05, 4.69) is 158 Å². The van der Waals surface area contributed by atoms with E-state index in [9.17, 15) is 0 Å². The molecule has 2 heterocycles. The van der Waals surface area contributed by atoms with Gasteiger partial charge in [0.15, 0.2) is 17.5 Å². The van der Waals surface area contributed by atoms with E-state index in [1.54, 1.807) is 0 Å². The molecule has 0 radical (unpaired) electrons. The summed E-state index contributed by atoms with van der Waals surface area (Å²) < 4.78 is 0. The zero-order valence-corrected chi connectivity index (χ0v) is 33.9. The number of rotatable bonds is 9. The first-order chi connectivity index (χ1) is 30.7. The molecule has 0 fully saturated rings. The zero-order valence-electron chi connectivity index (χ0n) is 33.9. The first-order valence-electron chi connectivity index (χ1n) is 21.1. The van der Waals surface area contributed by atoms with Crippen LogP contribution in [0, 0.1) is 5.92 Å². The van der Waals surface area contributed by atoms with Crippen LogP contribution in [0.15, 0.2) is 225 Å². The molecular formula is C58H40N4. The molecule has 2 aromatic heterocycles. The van der Waals surface area contributed by atoms with Gasteiger partial charge in [-0.1, -0.05) is 182 Å². The molecule has 0 bridgehead atoms. The normalized spacial score (nSPS) is 14.4. The lowest BCUT2D eigenvalue weighted by Gasteiger charge is -2.27. The molecule has 0 saturated carbocycles. The second kappa shape index (κ2) is 15.8. The van der Waals surface area contributed by atoms with Crippen LogP contribution in [0.3, 0.4) is 0 Å². The summed E-state index contributed by atoms with van der Waals surface area (Å²) >= 11 is 0. The summed E-state index contributed by atoms with van der Waals surface area (Å²) in [6.45, 7) is 4.34. The van der Waals surface area contributed by atoms with Gasteiger partial charge < -0.3 is 0 Å². The molecule has 2 atom stereocenters. The Morgan fingerprint density at radius 1 is 0.500 bits per heavy atom. The molecule has 0 saturated heterocycles. The van der Waals surface area contributed by atoms with Crippen LogP contribution in [0.5, 0.6) is 0 Å². The Morgan fingerprint density at radius 2 is 1.06 bits per heavy atom. The minimum atomic E-state index is 0.110. The summed E-state index contributed by atoms with van der Waals surface area (Å²) in [4.78, 5) is 20.0. The number of aromatic nitrogens is 4. The molecule has 0 aliphatic heterocycles. The van der Waals surface area contributed by atoms with E-state index in [4.69, 9.17) is 19.9 Å². The predicted octanol–water partition coefficient (Wildman–Crippen LogP) is 14.4. The van der Waals surface area contributed by atoms with Gasteiger partial charge in [-0.05, 0) is 85.8 Å². The van der Waals surface area contributed by atoms with Crippen molar-refractivity contribution in [2.24, 2.45) is 5.92 Å². The Morgan fingerprint density at radius 3 is 1.74 bits per heavy atom. The smallest absolute Gasteiger partial charge is 0.164 e. The van der Waals surface area contributed by atoms with Crippen molar-refractivity contribution in [1.82, 2.24) is 19.9 Å². The maximum absolute atomic E-state index is 5.14. The summed E-state index contributed by atoms with van der Waals surface area (Å²) in [5.41, 5.74) is 15.6. The third kappa shape index (κ3) is 6.88. The number of fused-ring (bicyclic) bond motifs is 4.